The molecule has 3 nitrogen and oxygen atoms in total. The van der Waals surface area contributed by atoms with Gasteiger partial charge in [0.1, 0.15) is 5.60 Å². The first kappa shape index (κ1) is 29.1. The van der Waals surface area contributed by atoms with E-state index in [1.807, 2.05) is 91.0 Å². The number of aliphatic hydroxyl groups is 1. The molecule has 1 aliphatic rings. The van der Waals surface area contributed by atoms with Crippen molar-refractivity contribution in [1.29, 1.82) is 0 Å². The van der Waals surface area contributed by atoms with Crippen molar-refractivity contribution in [2.75, 3.05) is 0 Å². The van der Waals surface area contributed by atoms with Gasteiger partial charge in [-0.1, -0.05) is 151 Å². The Bertz CT molecular complexity index is 1740. The summed E-state index contributed by atoms with van der Waals surface area (Å²) in [6, 6.07) is 42.1. The molecule has 0 amide bonds. The highest BCUT2D eigenvalue weighted by atomic mass is 35.5. The second-order valence-electron chi connectivity index (χ2n) is 11.1. The van der Waals surface area contributed by atoms with Crippen molar-refractivity contribution < 1.29 is 14.7 Å². The zero-order valence-corrected chi connectivity index (χ0v) is 24.8. The third-order valence-corrected chi connectivity index (χ3v) is 9.46. The summed E-state index contributed by atoms with van der Waals surface area (Å²) < 4.78 is 0. The molecule has 5 atom stereocenters. The number of halogens is 2. The van der Waals surface area contributed by atoms with Crippen LogP contribution in [0.15, 0.2) is 140 Å². The van der Waals surface area contributed by atoms with Crippen molar-refractivity contribution in [3.05, 3.63) is 177 Å². The van der Waals surface area contributed by atoms with Crippen LogP contribution in [0, 0.1) is 11.8 Å². The molecular formula is C38H30Cl2O3. The predicted molar refractivity (Wildman–Crippen MR) is 172 cm³/mol. The molecule has 5 aromatic rings. The molecule has 0 unspecified atom stereocenters. The Morgan fingerprint density at radius 2 is 1.02 bits per heavy atom. The lowest BCUT2D eigenvalue weighted by Crippen LogP contribution is -2.53. The fourth-order valence-corrected chi connectivity index (χ4v) is 7.41. The van der Waals surface area contributed by atoms with E-state index in [1.54, 1.807) is 48.5 Å². The monoisotopic (exact) mass is 604 g/mol. The molecule has 5 aromatic carbocycles. The lowest BCUT2D eigenvalue weighted by atomic mass is 9.52. The van der Waals surface area contributed by atoms with Crippen LogP contribution in [0.3, 0.4) is 0 Å². The maximum Gasteiger partial charge on any atom is 0.169 e. The summed E-state index contributed by atoms with van der Waals surface area (Å²) in [5.41, 5.74) is 1.31. The Morgan fingerprint density at radius 3 is 1.56 bits per heavy atom. The average molecular weight is 606 g/mol. The summed E-state index contributed by atoms with van der Waals surface area (Å²) in [5.74, 6) is -3.49. The molecule has 0 radical (unpaired) electrons. The van der Waals surface area contributed by atoms with E-state index >= 15 is 0 Å². The van der Waals surface area contributed by atoms with Crippen LogP contribution in [0.2, 0.25) is 10.0 Å². The Labute approximate surface area is 261 Å². The zero-order valence-electron chi connectivity index (χ0n) is 23.3. The Hall–Kier alpha value is -4.02. The molecule has 0 spiro atoms. The minimum absolute atomic E-state index is 0.105. The Kier molecular flexibility index (Phi) is 8.32. The van der Waals surface area contributed by atoms with E-state index < -0.39 is 29.3 Å². The first-order chi connectivity index (χ1) is 20.9. The topological polar surface area (TPSA) is 54.4 Å². The summed E-state index contributed by atoms with van der Waals surface area (Å²) in [4.78, 5) is 29.5. The maximum atomic E-state index is 14.8. The molecule has 0 saturated heterocycles. The Morgan fingerprint density at radius 1 is 0.581 bits per heavy atom. The van der Waals surface area contributed by atoms with Crippen LogP contribution in [0.4, 0.5) is 0 Å². The molecule has 0 heterocycles. The summed E-state index contributed by atoms with van der Waals surface area (Å²) in [6.07, 6.45) is 0.105. The predicted octanol–water partition coefficient (Wildman–Crippen LogP) is 9.15. The third-order valence-electron chi connectivity index (χ3n) is 8.77. The molecule has 5 heteroatoms. The molecule has 1 fully saturated rings. The van der Waals surface area contributed by atoms with Gasteiger partial charge in [0, 0.05) is 33.0 Å². The van der Waals surface area contributed by atoms with Crippen molar-refractivity contribution >= 4 is 34.8 Å². The van der Waals surface area contributed by atoms with Crippen molar-refractivity contribution in [3.63, 3.8) is 0 Å². The van der Waals surface area contributed by atoms with E-state index in [9.17, 15) is 14.7 Å². The van der Waals surface area contributed by atoms with E-state index in [4.69, 9.17) is 23.2 Å². The molecule has 0 aromatic heterocycles. The quantitative estimate of drug-likeness (QED) is 0.188. The number of carbonyl (C=O) groups excluding carboxylic acids is 2. The molecule has 0 aliphatic heterocycles. The molecular weight excluding hydrogens is 575 g/mol. The standard InChI is InChI=1S/C38H30Cl2O3/c39-31-22-12-10-20-28(31)30-24-38(43,27-18-8-3-9-19-27)35(37(42)26-16-6-2-7-17-26)33(29-21-11-13-23-32(29)40)34(30)36(41)25-14-4-1-5-15-25/h1-23,30,33-35,43H,24H2/t30-,33-,34-,35-,38+/m1/s1. The summed E-state index contributed by atoms with van der Waals surface area (Å²) in [7, 11) is 0. The highest BCUT2D eigenvalue weighted by Gasteiger charge is 2.59. The Balaban J connectivity index is 1.68. The van der Waals surface area contributed by atoms with Gasteiger partial charge in [-0.15, -0.1) is 0 Å². The SMILES string of the molecule is O=C(c1ccccc1)[C@H]1[C@@H](c2ccccc2Cl)[C@H](C(=O)c2ccccc2)[C@@](O)(c2ccccc2)C[C@@H]1c1ccccc1Cl. The number of carbonyl (C=O) groups is 2. The van der Waals surface area contributed by atoms with Crippen LogP contribution in [-0.4, -0.2) is 16.7 Å². The minimum Gasteiger partial charge on any atom is -0.384 e. The largest absolute Gasteiger partial charge is 0.384 e. The lowest BCUT2D eigenvalue weighted by molar-refractivity contribution is -0.0690. The number of Topliss-reactive ketones (excluding diaryl/α,β-unsaturated/α-hetero) is 2. The van der Waals surface area contributed by atoms with Crippen molar-refractivity contribution in [3.8, 4) is 0 Å². The summed E-state index contributed by atoms with van der Waals surface area (Å²) in [5, 5.41) is 14.0. The van der Waals surface area contributed by atoms with Crippen LogP contribution < -0.4 is 0 Å². The minimum atomic E-state index is -1.66. The molecule has 1 aliphatic carbocycles. The lowest BCUT2D eigenvalue weighted by Gasteiger charge is -2.51. The molecule has 6 rings (SSSR count). The summed E-state index contributed by atoms with van der Waals surface area (Å²) in [6.45, 7) is 0. The van der Waals surface area contributed by atoms with E-state index in [-0.39, 0.29) is 18.0 Å². The van der Waals surface area contributed by atoms with Gasteiger partial charge >= 0.3 is 0 Å². The highest BCUT2D eigenvalue weighted by molar-refractivity contribution is 6.32. The van der Waals surface area contributed by atoms with E-state index in [0.29, 0.717) is 32.3 Å². The number of hydrogen-bond acceptors (Lipinski definition) is 3. The molecule has 0 bridgehead atoms. The number of ketones is 2. The van der Waals surface area contributed by atoms with Crippen LogP contribution in [-0.2, 0) is 5.60 Å². The van der Waals surface area contributed by atoms with Crippen molar-refractivity contribution in [2.24, 2.45) is 11.8 Å². The normalized spacial score (nSPS) is 23.4. The molecule has 1 saturated carbocycles. The van der Waals surface area contributed by atoms with Crippen molar-refractivity contribution in [1.82, 2.24) is 0 Å². The fourth-order valence-electron chi connectivity index (χ4n) is 6.87. The second-order valence-corrected chi connectivity index (χ2v) is 11.9. The van der Waals surface area contributed by atoms with Gasteiger partial charge in [-0.25, -0.2) is 0 Å². The maximum absolute atomic E-state index is 14.8. The van der Waals surface area contributed by atoms with Crippen LogP contribution in [0.5, 0.6) is 0 Å². The number of benzene rings is 5. The third kappa shape index (κ3) is 5.45. The fraction of sp³-hybridized carbons (Fsp3) is 0.158. The first-order valence-corrected chi connectivity index (χ1v) is 15.1. The van der Waals surface area contributed by atoms with Crippen molar-refractivity contribution in [2.45, 2.75) is 23.9 Å². The first-order valence-electron chi connectivity index (χ1n) is 14.4. The number of hydrogen-bond donors (Lipinski definition) is 1. The van der Waals surface area contributed by atoms with Crippen LogP contribution >= 0.6 is 23.2 Å². The second kappa shape index (κ2) is 12.3. The molecule has 214 valence electrons. The average Bonchev–Trinajstić information content (AvgIpc) is 3.05. The van der Waals surface area contributed by atoms with Gasteiger partial charge in [0.15, 0.2) is 11.6 Å². The van der Waals surface area contributed by atoms with Gasteiger partial charge in [0.25, 0.3) is 0 Å². The van der Waals surface area contributed by atoms with Gasteiger partial charge in [0.2, 0.25) is 0 Å². The smallest absolute Gasteiger partial charge is 0.169 e. The van der Waals surface area contributed by atoms with Gasteiger partial charge in [0.05, 0.1) is 5.92 Å². The van der Waals surface area contributed by atoms with Gasteiger partial charge in [-0.3, -0.25) is 9.59 Å². The van der Waals surface area contributed by atoms with Gasteiger partial charge in [-0.2, -0.15) is 0 Å². The molecule has 43 heavy (non-hydrogen) atoms. The van der Waals surface area contributed by atoms with Gasteiger partial charge < -0.3 is 5.11 Å². The van der Waals surface area contributed by atoms with E-state index in [1.165, 1.54) is 0 Å². The zero-order chi connectivity index (χ0) is 30.0. The van der Waals surface area contributed by atoms with Crippen LogP contribution in [0.1, 0.15) is 55.7 Å². The number of rotatable bonds is 7. The van der Waals surface area contributed by atoms with Crippen LogP contribution in [0.25, 0.3) is 0 Å². The van der Waals surface area contributed by atoms with E-state index in [0.717, 1.165) is 5.56 Å². The molecule has 1 N–H and O–H groups in total. The van der Waals surface area contributed by atoms with E-state index in [2.05, 4.69) is 0 Å². The highest BCUT2D eigenvalue weighted by Crippen LogP contribution is 2.59. The van der Waals surface area contributed by atoms with Gasteiger partial charge in [-0.05, 0) is 41.2 Å². The summed E-state index contributed by atoms with van der Waals surface area (Å²) >= 11 is 13.8.